The van der Waals surface area contributed by atoms with E-state index in [1.54, 1.807) is 7.11 Å². The number of nitrogens with one attached hydrogen (secondary N) is 2. The van der Waals surface area contributed by atoms with Crippen LogP contribution in [0.5, 0.6) is 5.75 Å². The van der Waals surface area contributed by atoms with Crippen molar-refractivity contribution >= 4 is 5.91 Å². The van der Waals surface area contributed by atoms with Crippen molar-refractivity contribution in [2.45, 2.75) is 50.7 Å². The normalized spacial score (nSPS) is 26.2. The SMILES string of the molecule is COc1c(C(=O)NC(C)c2ccccc2)ccc2c1[C@@H]1C[C@@H]3NCCC[C@@H]3CN1CC2. The molecule has 1 unspecified atom stereocenters. The highest BCUT2D eigenvalue weighted by molar-refractivity contribution is 5.98. The summed E-state index contributed by atoms with van der Waals surface area (Å²) in [5.41, 5.74) is 4.31. The predicted molar refractivity (Wildman–Crippen MR) is 122 cm³/mol. The molecule has 3 aliphatic rings. The Morgan fingerprint density at radius 3 is 2.87 bits per heavy atom. The standard InChI is InChI=1S/C26H33N3O2/c1-17(18-7-4-3-5-8-18)28-26(30)21-11-10-19-12-14-29-16-20-9-6-13-27-22(20)15-23(29)24(19)25(21)31-2/h3-5,7-8,10-11,17,20,22-23,27H,6,9,12-16H2,1-2H3,(H,28,30)/t17?,20-,22+,23+/m1/s1. The zero-order chi connectivity index (χ0) is 21.4. The van der Waals surface area contributed by atoms with Crippen molar-refractivity contribution in [3.63, 3.8) is 0 Å². The number of carbonyl (C=O) groups is 1. The molecule has 0 aromatic heterocycles. The van der Waals surface area contributed by atoms with Gasteiger partial charge < -0.3 is 15.4 Å². The zero-order valence-electron chi connectivity index (χ0n) is 18.6. The van der Waals surface area contributed by atoms with Crippen LogP contribution < -0.4 is 15.4 Å². The second kappa shape index (κ2) is 8.64. The number of carbonyl (C=O) groups excluding carboxylic acids is 1. The third kappa shape index (κ3) is 3.85. The molecular formula is C26H33N3O2. The summed E-state index contributed by atoms with van der Waals surface area (Å²) in [6.07, 6.45) is 4.73. The molecule has 0 radical (unpaired) electrons. The van der Waals surface area contributed by atoms with Crippen LogP contribution in [0.1, 0.15) is 65.3 Å². The maximum Gasteiger partial charge on any atom is 0.255 e. The minimum Gasteiger partial charge on any atom is -0.496 e. The van der Waals surface area contributed by atoms with Crippen LogP contribution in [0.15, 0.2) is 42.5 Å². The fourth-order valence-corrected chi connectivity index (χ4v) is 5.87. The van der Waals surface area contributed by atoms with Crippen molar-refractivity contribution in [2.75, 3.05) is 26.7 Å². The van der Waals surface area contributed by atoms with Gasteiger partial charge in [-0.25, -0.2) is 0 Å². The molecule has 0 spiro atoms. The third-order valence-electron chi connectivity index (χ3n) is 7.50. The molecule has 2 aromatic carbocycles. The Balaban J connectivity index is 1.44. The van der Waals surface area contributed by atoms with Crippen LogP contribution in [0.2, 0.25) is 0 Å². The highest BCUT2D eigenvalue weighted by Crippen LogP contribution is 2.45. The predicted octanol–water partition coefficient (Wildman–Crippen LogP) is 3.86. The lowest BCUT2D eigenvalue weighted by atomic mass is 9.77. The maximum atomic E-state index is 13.3. The molecule has 0 saturated carbocycles. The topological polar surface area (TPSA) is 53.6 Å². The summed E-state index contributed by atoms with van der Waals surface area (Å²) in [6, 6.07) is 15.0. The van der Waals surface area contributed by atoms with E-state index in [9.17, 15) is 4.79 Å². The first-order valence-electron chi connectivity index (χ1n) is 11.7. The van der Waals surface area contributed by atoms with Gasteiger partial charge in [0.2, 0.25) is 0 Å². The van der Waals surface area contributed by atoms with Crippen LogP contribution in [0.3, 0.4) is 0 Å². The van der Waals surface area contributed by atoms with Gasteiger partial charge in [0.05, 0.1) is 18.7 Å². The van der Waals surface area contributed by atoms with Gasteiger partial charge in [-0.15, -0.1) is 0 Å². The molecule has 3 heterocycles. The van der Waals surface area contributed by atoms with Crippen molar-refractivity contribution in [2.24, 2.45) is 5.92 Å². The van der Waals surface area contributed by atoms with Gasteiger partial charge in [0, 0.05) is 30.7 Å². The Labute approximate surface area is 185 Å². The maximum absolute atomic E-state index is 13.3. The summed E-state index contributed by atoms with van der Waals surface area (Å²) >= 11 is 0. The van der Waals surface area contributed by atoms with E-state index in [2.05, 4.69) is 21.6 Å². The van der Waals surface area contributed by atoms with Crippen molar-refractivity contribution < 1.29 is 9.53 Å². The summed E-state index contributed by atoms with van der Waals surface area (Å²) in [4.78, 5) is 15.9. The molecule has 5 rings (SSSR count). The highest BCUT2D eigenvalue weighted by atomic mass is 16.5. The van der Waals surface area contributed by atoms with Crippen LogP contribution >= 0.6 is 0 Å². The van der Waals surface area contributed by atoms with E-state index < -0.39 is 0 Å². The van der Waals surface area contributed by atoms with Gasteiger partial charge >= 0.3 is 0 Å². The molecule has 1 amide bonds. The lowest BCUT2D eigenvalue weighted by molar-refractivity contribution is 0.0537. The van der Waals surface area contributed by atoms with Gasteiger partial charge in [-0.05, 0) is 62.3 Å². The average Bonchev–Trinajstić information content (AvgIpc) is 2.82. The van der Waals surface area contributed by atoms with E-state index in [1.165, 1.54) is 24.0 Å². The smallest absolute Gasteiger partial charge is 0.255 e. The third-order valence-corrected chi connectivity index (χ3v) is 7.50. The number of benzene rings is 2. The Kier molecular flexibility index (Phi) is 5.72. The average molecular weight is 420 g/mol. The lowest BCUT2D eigenvalue weighted by Gasteiger charge is -2.49. The highest BCUT2D eigenvalue weighted by Gasteiger charge is 2.41. The number of methoxy groups -OCH3 is 1. The molecule has 5 nitrogen and oxygen atoms in total. The number of fused-ring (bicyclic) bond motifs is 4. The quantitative estimate of drug-likeness (QED) is 0.790. The van der Waals surface area contributed by atoms with Gasteiger partial charge in [0.25, 0.3) is 5.91 Å². The van der Waals surface area contributed by atoms with Crippen molar-refractivity contribution in [1.82, 2.24) is 15.5 Å². The summed E-state index contributed by atoms with van der Waals surface area (Å²) in [5.74, 6) is 1.44. The molecule has 2 aromatic rings. The van der Waals surface area contributed by atoms with Crippen LogP contribution in [0.4, 0.5) is 0 Å². The van der Waals surface area contributed by atoms with Gasteiger partial charge in [0.1, 0.15) is 5.75 Å². The van der Waals surface area contributed by atoms with Crippen LogP contribution in [0.25, 0.3) is 0 Å². The second-order valence-corrected chi connectivity index (χ2v) is 9.28. The molecule has 4 atom stereocenters. The fourth-order valence-electron chi connectivity index (χ4n) is 5.87. The van der Waals surface area contributed by atoms with Crippen LogP contribution in [0, 0.1) is 5.92 Å². The molecular weight excluding hydrogens is 386 g/mol. The van der Waals surface area contributed by atoms with Gasteiger partial charge in [-0.2, -0.15) is 0 Å². The number of nitrogens with zero attached hydrogens (tertiary/aromatic N) is 1. The number of hydrogen-bond acceptors (Lipinski definition) is 4. The van der Waals surface area contributed by atoms with E-state index in [1.807, 2.05) is 43.3 Å². The Morgan fingerprint density at radius 2 is 2.06 bits per heavy atom. The molecule has 3 aliphatic heterocycles. The summed E-state index contributed by atoms with van der Waals surface area (Å²) in [5, 5.41) is 6.92. The first kappa shape index (κ1) is 20.5. The summed E-state index contributed by atoms with van der Waals surface area (Å²) in [6.45, 7) is 5.39. The molecule has 0 bridgehead atoms. The summed E-state index contributed by atoms with van der Waals surface area (Å²) < 4.78 is 5.93. The minimum atomic E-state index is -0.0717. The van der Waals surface area contributed by atoms with E-state index in [4.69, 9.17) is 4.74 Å². The van der Waals surface area contributed by atoms with Crippen LogP contribution in [-0.2, 0) is 6.42 Å². The van der Waals surface area contributed by atoms with Gasteiger partial charge in [-0.1, -0.05) is 36.4 Å². The van der Waals surface area contributed by atoms with E-state index in [-0.39, 0.29) is 11.9 Å². The number of amides is 1. The van der Waals surface area contributed by atoms with E-state index in [0.29, 0.717) is 17.6 Å². The van der Waals surface area contributed by atoms with E-state index in [0.717, 1.165) is 49.7 Å². The molecule has 164 valence electrons. The van der Waals surface area contributed by atoms with Gasteiger partial charge in [-0.3, -0.25) is 9.69 Å². The second-order valence-electron chi connectivity index (χ2n) is 9.28. The number of piperidine rings is 2. The molecule has 0 aliphatic carbocycles. The first-order valence-corrected chi connectivity index (χ1v) is 11.7. The monoisotopic (exact) mass is 419 g/mol. The fraction of sp³-hybridized carbons (Fsp3) is 0.500. The number of hydrogen-bond donors (Lipinski definition) is 2. The molecule has 2 N–H and O–H groups in total. The lowest BCUT2D eigenvalue weighted by Crippen LogP contribution is -2.54. The first-order chi connectivity index (χ1) is 15.2. The van der Waals surface area contributed by atoms with Crippen molar-refractivity contribution in [3.05, 3.63) is 64.7 Å². The number of ether oxygens (including phenoxy) is 1. The Bertz CT molecular complexity index is 945. The molecule has 5 heteroatoms. The molecule has 31 heavy (non-hydrogen) atoms. The summed E-state index contributed by atoms with van der Waals surface area (Å²) in [7, 11) is 1.70. The van der Waals surface area contributed by atoms with Crippen LogP contribution in [-0.4, -0.2) is 43.6 Å². The zero-order valence-corrected chi connectivity index (χ0v) is 18.6. The molecule has 2 saturated heterocycles. The van der Waals surface area contributed by atoms with Gasteiger partial charge in [0.15, 0.2) is 0 Å². The van der Waals surface area contributed by atoms with Crippen molar-refractivity contribution in [1.29, 1.82) is 0 Å². The Hall–Kier alpha value is -2.37. The van der Waals surface area contributed by atoms with E-state index >= 15 is 0 Å². The largest absolute Gasteiger partial charge is 0.496 e. The Morgan fingerprint density at radius 1 is 1.23 bits per heavy atom. The minimum absolute atomic E-state index is 0.0622. The number of rotatable bonds is 4. The van der Waals surface area contributed by atoms with Crippen molar-refractivity contribution in [3.8, 4) is 5.75 Å². The molecule has 2 fully saturated rings.